The number of unbranched alkanes of at least 4 members (excludes halogenated alkanes) is 26. The molecule has 0 aliphatic carbocycles. The molecule has 0 amide bonds. The van der Waals surface area contributed by atoms with E-state index < -0.39 is 18.1 Å². The van der Waals surface area contributed by atoms with Crippen LogP contribution in [0.15, 0.2) is 48.6 Å². The van der Waals surface area contributed by atoms with E-state index in [2.05, 4.69) is 62.5 Å². The zero-order valence-electron chi connectivity index (χ0n) is 42.5. The highest BCUT2D eigenvalue weighted by atomic mass is 16.6. The molecule has 8 nitrogen and oxygen atoms in total. The average Bonchev–Trinajstić information content (AvgIpc) is 3.26. The number of hydrogen-bond donors (Lipinski definition) is 1. The Bertz CT molecular complexity index is 1190. The van der Waals surface area contributed by atoms with Gasteiger partial charge >= 0.3 is 17.9 Å². The Kier molecular flexibility index (Phi) is 44.8. The van der Waals surface area contributed by atoms with Crippen molar-refractivity contribution in [3.63, 3.8) is 0 Å². The summed E-state index contributed by atoms with van der Waals surface area (Å²) in [6.45, 7) is 4.65. The Morgan fingerprint density at radius 1 is 0.484 bits per heavy atom. The third-order valence-electron chi connectivity index (χ3n) is 12.0. The lowest BCUT2D eigenvalue weighted by atomic mass is 10.0. The maximum atomic E-state index is 12.8. The number of esters is 2. The first-order chi connectivity index (χ1) is 31.1. The molecule has 0 rings (SSSR count). The van der Waals surface area contributed by atoms with Gasteiger partial charge in [0, 0.05) is 19.3 Å². The molecule has 0 aromatic rings. The second-order valence-corrected chi connectivity index (χ2v) is 19.1. The van der Waals surface area contributed by atoms with Crippen molar-refractivity contribution in [1.82, 2.24) is 0 Å². The number of allylic oxidation sites excluding steroid dienone is 8. The van der Waals surface area contributed by atoms with Crippen molar-refractivity contribution in [2.75, 3.05) is 41.0 Å². The first-order valence-corrected chi connectivity index (χ1v) is 26.7. The molecule has 0 aromatic carbocycles. The van der Waals surface area contributed by atoms with Gasteiger partial charge in [0.2, 0.25) is 0 Å². The molecular weight excluding hydrogens is 799 g/mol. The van der Waals surface area contributed by atoms with Crippen molar-refractivity contribution in [3.05, 3.63) is 48.6 Å². The van der Waals surface area contributed by atoms with Crippen LogP contribution in [0, 0.1) is 0 Å². The number of carboxylic acids is 1. The van der Waals surface area contributed by atoms with Crippen LogP contribution in [-0.4, -0.2) is 80.6 Å². The van der Waals surface area contributed by atoms with E-state index in [0.717, 1.165) is 57.8 Å². The number of carbonyl (C=O) groups excluding carboxylic acids is 2. The van der Waals surface area contributed by atoms with E-state index in [0.29, 0.717) is 19.3 Å². The molecule has 0 aromatic heterocycles. The van der Waals surface area contributed by atoms with E-state index in [1.165, 1.54) is 148 Å². The van der Waals surface area contributed by atoms with Crippen molar-refractivity contribution in [3.8, 4) is 0 Å². The first kappa shape index (κ1) is 61.3. The fourth-order valence-corrected chi connectivity index (χ4v) is 7.87. The molecular formula is C56H102NO7+. The van der Waals surface area contributed by atoms with Crippen molar-refractivity contribution in [2.45, 2.75) is 251 Å². The van der Waals surface area contributed by atoms with Gasteiger partial charge in [0.15, 0.2) is 12.1 Å². The minimum absolute atomic E-state index is 0.0522. The zero-order valence-corrected chi connectivity index (χ0v) is 42.5. The van der Waals surface area contributed by atoms with Gasteiger partial charge in [-0.05, 0) is 70.6 Å². The van der Waals surface area contributed by atoms with Crippen LogP contribution >= 0.6 is 0 Å². The minimum Gasteiger partial charge on any atom is -0.477 e. The Labute approximate surface area is 395 Å². The maximum Gasteiger partial charge on any atom is 0.362 e. The van der Waals surface area contributed by atoms with Gasteiger partial charge in [-0.2, -0.15) is 0 Å². The number of ether oxygens (including phenoxy) is 3. The van der Waals surface area contributed by atoms with Crippen molar-refractivity contribution in [1.29, 1.82) is 0 Å². The van der Waals surface area contributed by atoms with Crippen LogP contribution in [0.1, 0.15) is 239 Å². The summed E-state index contributed by atoms with van der Waals surface area (Å²) in [4.78, 5) is 37.2. The zero-order chi connectivity index (χ0) is 47.0. The summed E-state index contributed by atoms with van der Waals surface area (Å²) >= 11 is 0. The third-order valence-corrected chi connectivity index (χ3v) is 12.0. The Morgan fingerprint density at radius 3 is 1.31 bits per heavy atom. The molecule has 0 saturated carbocycles. The predicted molar refractivity (Wildman–Crippen MR) is 271 cm³/mol. The van der Waals surface area contributed by atoms with E-state index in [-0.39, 0.29) is 36.2 Å². The number of nitrogens with zero attached hydrogens (tertiary/aromatic N) is 1. The van der Waals surface area contributed by atoms with Crippen LogP contribution in [0.25, 0.3) is 0 Å². The Balaban J connectivity index is 4.20. The van der Waals surface area contributed by atoms with Gasteiger partial charge < -0.3 is 23.8 Å². The van der Waals surface area contributed by atoms with Gasteiger partial charge in [-0.3, -0.25) is 9.59 Å². The quantitative estimate of drug-likeness (QED) is 0.0281. The molecule has 0 heterocycles. The standard InChI is InChI=1S/C56H101NO7/c1-6-8-10-12-14-16-18-20-22-24-25-26-27-28-29-31-33-35-37-39-41-43-45-47-55(59)64-52(50-62-49-48-53(56(60)61)57(3,4)5)51-63-54(58)46-44-42-40-38-36-34-32-30-23-21-19-17-15-13-11-9-7-2/h8,10,14,16,20-23,52-53H,6-7,9,11-13,15,17-19,24-51H2,1-5H3/p+1/b10-8+,16-14+,22-20+,23-21+. The van der Waals surface area contributed by atoms with E-state index in [9.17, 15) is 19.5 Å². The van der Waals surface area contributed by atoms with E-state index in [1.54, 1.807) is 0 Å². The Hall–Kier alpha value is -2.71. The molecule has 8 heteroatoms. The fourth-order valence-electron chi connectivity index (χ4n) is 7.87. The van der Waals surface area contributed by atoms with Crippen molar-refractivity contribution >= 4 is 17.9 Å². The van der Waals surface area contributed by atoms with E-state index >= 15 is 0 Å². The van der Waals surface area contributed by atoms with Crippen molar-refractivity contribution in [2.24, 2.45) is 0 Å². The molecule has 64 heavy (non-hydrogen) atoms. The molecule has 0 aliphatic rings. The van der Waals surface area contributed by atoms with Crippen LogP contribution in [0.2, 0.25) is 0 Å². The third kappa shape index (κ3) is 44.5. The van der Waals surface area contributed by atoms with Gasteiger partial charge in [-0.25, -0.2) is 4.79 Å². The van der Waals surface area contributed by atoms with Gasteiger partial charge in [0.1, 0.15) is 6.61 Å². The fraction of sp³-hybridized carbons (Fsp3) is 0.804. The molecule has 0 aliphatic heterocycles. The van der Waals surface area contributed by atoms with E-state index in [1.807, 2.05) is 21.1 Å². The van der Waals surface area contributed by atoms with Gasteiger partial charge in [0.25, 0.3) is 0 Å². The SMILES string of the molecule is CC/C=C/C/C=C/C/C=C/CCCCCCCCCCCCCCCC(=O)OC(COCCC(C(=O)O)[N+](C)(C)C)COC(=O)CCCCCCCCC/C=C/CCCCCCCC. The summed E-state index contributed by atoms with van der Waals surface area (Å²) in [5.74, 6) is -1.46. The molecule has 0 bridgehead atoms. The topological polar surface area (TPSA) is 99.1 Å². The summed E-state index contributed by atoms with van der Waals surface area (Å²) in [6, 6.07) is -0.616. The summed E-state index contributed by atoms with van der Waals surface area (Å²) in [5, 5.41) is 9.66. The predicted octanol–water partition coefficient (Wildman–Crippen LogP) is 15.5. The average molecular weight is 901 g/mol. The molecule has 2 unspecified atom stereocenters. The number of rotatable bonds is 48. The van der Waals surface area contributed by atoms with Crippen molar-refractivity contribution < 1.29 is 38.2 Å². The van der Waals surface area contributed by atoms with Gasteiger partial charge in [-0.1, -0.05) is 197 Å². The largest absolute Gasteiger partial charge is 0.477 e. The maximum absolute atomic E-state index is 12.8. The van der Waals surface area contributed by atoms with Crippen LogP contribution in [-0.2, 0) is 28.6 Å². The summed E-state index contributed by atoms with van der Waals surface area (Å²) in [7, 11) is 5.54. The number of carboxylic acid groups (broad SMARTS) is 1. The molecule has 0 spiro atoms. The first-order valence-electron chi connectivity index (χ1n) is 26.7. The van der Waals surface area contributed by atoms with Crippen LogP contribution in [0.3, 0.4) is 0 Å². The lowest BCUT2D eigenvalue weighted by Gasteiger charge is -2.31. The molecule has 2 atom stereocenters. The monoisotopic (exact) mass is 901 g/mol. The highest BCUT2D eigenvalue weighted by Crippen LogP contribution is 2.16. The highest BCUT2D eigenvalue weighted by Gasteiger charge is 2.31. The number of hydrogen-bond acceptors (Lipinski definition) is 6. The van der Waals surface area contributed by atoms with E-state index in [4.69, 9.17) is 14.2 Å². The minimum atomic E-state index is -0.874. The normalized spacial score (nSPS) is 13.2. The number of quaternary nitrogens is 1. The molecule has 0 saturated heterocycles. The Morgan fingerprint density at radius 2 is 0.875 bits per heavy atom. The summed E-state index contributed by atoms with van der Waals surface area (Å²) in [6.07, 6.45) is 57.3. The number of aliphatic carboxylic acids is 1. The lowest BCUT2D eigenvalue weighted by Crippen LogP contribution is -2.50. The van der Waals surface area contributed by atoms with Gasteiger partial charge in [-0.15, -0.1) is 0 Å². The second kappa shape index (κ2) is 46.8. The van der Waals surface area contributed by atoms with Crippen LogP contribution < -0.4 is 0 Å². The second-order valence-electron chi connectivity index (χ2n) is 19.1. The number of likely N-dealkylation sites (N-methyl/N-ethyl adjacent to an activating group) is 1. The molecule has 1 N–H and O–H groups in total. The smallest absolute Gasteiger partial charge is 0.362 e. The summed E-state index contributed by atoms with van der Waals surface area (Å²) in [5.41, 5.74) is 0. The van der Waals surface area contributed by atoms with Crippen LogP contribution in [0.4, 0.5) is 0 Å². The summed E-state index contributed by atoms with van der Waals surface area (Å²) < 4.78 is 17.4. The molecule has 0 radical (unpaired) electrons. The van der Waals surface area contributed by atoms with Crippen LogP contribution in [0.5, 0.6) is 0 Å². The van der Waals surface area contributed by atoms with Gasteiger partial charge in [0.05, 0.1) is 34.4 Å². The lowest BCUT2D eigenvalue weighted by molar-refractivity contribution is -0.887. The molecule has 0 fully saturated rings. The highest BCUT2D eigenvalue weighted by molar-refractivity contribution is 5.72. The number of carbonyl (C=O) groups is 3. The molecule has 372 valence electrons.